The van der Waals surface area contributed by atoms with Crippen LogP contribution in [0.4, 0.5) is 29.3 Å². The third-order valence-corrected chi connectivity index (χ3v) is 5.59. The molecule has 1 aliphatic heterocycles. The second-order valence-corrected chi connectivity index (χ2v) is 8.24. The first-order valence-corrected chi connectivity index (χ1v) is 11.1. The van der Waals surface area contributed by atoms with Crippen molar-refractivity contribution in [3.63, 3.8) is 0 Å². The molecule has 0 bridgehead atoms. The van der Waals surface area contributed by atoms with Crippen LogP contribution in [0.3, 0.4) is 0 Å². The number of carbonyl (C=O) groups is 3. The van der Waals surface area contributed by atoms with Crippen LogP contribution in [0.25, 0.3) is 0 Å². The van der Waals surface area contributed by atoms with Crippen LogP contribution in [0.5, 0.6) is 0 Å². The van der Waals surface area contributed by atoms with E-state index in [1.54, 1.807) is 18.2 Å². The molecule has 0 saturated carbocycles. The molecule has 10 heteroatoms. The van der Waals surface area contributed by atoms with Crippen LogP contribution >= 0.6 is 0 Å². The third-order valence-electron chi connectivity index (χ3n) is 5.59. The zero-order chi connectivity index (χ0) is 24.7. The molecule has 0 aromatic heterocycles. The summed E-state index contributed by atoms with van der Waals surface area (Å²) in [6.07, 6.45) is -1.13. The molecule has 2 atom stereocenters. The molecule has 4 amide bonds. The van der Waals surface area contributed by atoms with Gasteiger partial charge in [0.05, 0.1) is 22.9 Å². The highest BCUT2D eigenvalue weighted by Crippen LogP contribution is 2.31. The third kappa shape index (κ3) is 6.97. The van der Waals surface area contributed by atoms with E-state index in [2.05, 4.69) is 21.3 Å². The second-order valence-electron chi connectivity index (χ2n) is 8.24. The zero-order valence-electron chi connectivity index (χ0n) is 18.7. The first-order chi connectivity index (χ1) is 16.1. The lowest BCUT2D eigenvalue weighted by molar-refractivity contribution is -0.137. The minimum Gasteiger partial charge on any atom is -0.334 e. The molecular weight excluding hydrogens is 449 g/mol. The van der Waals surface area contributed by atoms with Crippen molar-refractivity contribution in [3.8, 4) is 0 Å². The lowest BCUT2D eigenvalue weighted by atomic mass is 10.0. The molecule has 0 aliphatic carbocycles. The number of urea groups is 1. The van der Waals surface area contributed by atoms with Gasteiger partial charge in [-0.15, -0.1) is 0 Å². The number of nitrogens with one attached hydrogen (secondary N) is 4. The number of hydrogen-bond acceptors (Lipinski definition) is 3. The average molecular weight is 476 g/mol. The molecule has 2 aromatic rings. The molecule has 3 rings (SSSR count). The molecule has 1 fully saturated rings. The molecule has 7 nitrogen and oxygen atoms in total. The Hall–Kier alpha value is -3.56. The number of alkyl halides is 3. The van der Waals surface area contributed by atoms with E-state index in [4.69, 9.17) is 0 Å². The van der Waals surface area contributed by atoms with E-state index in [0.29, 0.717) is 6.42 Å². The van der Waals surface area contributed by atoms with Crippen molar-refractivity contribution in [1.29, 1.82) is 0 Å². The Morgan fingerprint density at radius 3 is 2.44 bits per heavy atom. The minimum absolute atomic E-state index is 0.00363. The van der Waals surface area contributed by atoms with Gasteiger partial charge in [-0.25, -0.2) is 4.79 Å². The lowest BCUT2D eigenvalue weighted by Crippen LogP contribution is -2.30. The van der Waals surface area contributed by atoms with Gasteiger partial charge in [-0.05, 0) is 50.1 Å². The fourth-order valence-corrected chi connectivity index (χ4v) is 3.77. The quantitative estimate of drug-likeness (QED) is 0.387. The number of hydrogen-bond donors (Lipinski definition) is 4. The van der Waals surface area contributed by atoms with Crippen LogP contribution in [0.1, 0.15) is 54.9 Å². The molecule has 34 heavy (non-hydrogen) atoms. The monoisotopic (exact) mass is 476 g/mol. The number of halogens is 3. The van der Waals surface area contributed by atoms with Gasteiger partial charge in [0.25, 0.3) is 5.91 Å². The van der Waals surface area contributed by atoms with Crippen molar-refractivity contribution in [2.75, 3.05) is 10.6 Å². The van der Waals surface area contributed by atoms with Gasteiger partial charge in [0, 0.05) is 18.2 Å². The van der Waals surface area contributed by atoms with Crippen LogP contribution in [0, 0.1) is 0 Å². The van der Waals surface area contributed by atoms with Crippen molar-refractivity contribution in [2.45, 2.75) is 57.3 Å². The summed E-state index contributed by atoms with van der Waals surface area (Å²) in [4.78, 5) is 36.4. The molecule has 0 spiro atoms. The first-order valence-electron chi connectivity index (χ1n) is 11.1. The van der Waals surface area contributed by atoms with Gasteiger partial charge in [0.15, 0.2) is 0 Å². The van der Waals surface area contributed by atoms with E-state index in [-0.39, 0.29) is 47.4 Å². The van der Waals surface area contributed by atoms with Gasteiger partial charge < -0.3 is 21.3 Å². The van der Waals surface area contributed by atoms with Gasteiger partial charge in [0.2, 0.25) is 5.91 Å². The molecule has 4 N–H and O–H groups in total. The number of carbonyl (C=O) groups excluding carboxylic acids is 3. The predicted molar refractivity (Wildman–Crippen MR) is 122 cm³/mol. The Labute approximate surface area is 195 Å². The summed E-state index contributed by atoms with van der Waals surface area (Å²) < 4.78 is 38.8. The summed E-state index contributed by atoms with van der Waals surface area (Å²) in [7, 11) is 0. The maximum atomic E-state index is 12.9. The lowest BCUT2D eigenvalue weighted by Gasteiger charge is -2.14. The van der Waals surface area contributed by atoms with Gasteiger partial charge in [0.1, 0.15) is 0 Å². The standard InChI is InChI=1S/C24H27F3N4O3/c1-15-19(31-23(34)28-15)11-3-2-4-13-21(32)30-20-12-6-5-10-18(20)22(33)29-17-9-7-8-16(14-17)24(25,26)27/h5-10,12,14-15,19H,2-4,11,13H2,1H3,(H,29,33)(H,30,32)(H2,28,31,34)/t15-,19+/m0/s1. The van der Waals surface area contributed by atoms with E-state index in [0.717, 1.165) is 31.4 Å². The molecule has 182 valence electrons. The SMILES string of the molecule is C[C@@H]1NC(=O)N[C@@H]1CCCCCC(=O)Nc1ccccc1C(=O)Nc1cccc(C(F)(F)F)c1. The highest BCUT2D eigenvalue weighted by atomic mass is 19.4. The number of unbranched alkanes of at least 4 members (excludes halogenated alkanes) is 2. The number of benzene rings is 2. The fraction of sp³-hybridized carbons (Fsp3) is 0.375. The minimum atomic E-state index is -4.52. The summed E-state index contributed by atoms with van der Waals surface area (Å²) in [5, 5.41) is 10.8. The summed E-state index contributed by atoms with van der Waals surface area (Å²) in [5.41, 5.74) is -0.436. The van der Waals surface area contributed by atoms with Crippen LogP contribution in [-0.2, 0) is 11.0 Å². The molecule has 2 aromatic carbocycles. The topological polar surface area (TPSA) is 99.3 Å². The Morgan fingerprint density at radius 1 is 0.971 bits per heavy atom. The Kier molecular flexibility index (Phi) is 8.14. The van der Waals surface area contributed by atoms with Crippen molar-refractivity contribution >= 4 is 29.2 Å². The van der Waals surface area contributed by atoms with E-state index >= 15 is 0 Å². The van der Waals surface area contributed by atoms with Crippen LogP contribution in [-0.4, -0.2) is 29.9 Å². The van der Waals surface area contributed by atoms with Crippen LogP contribution < -0.4 is 21.3 Å². The molecule has 1 heterocycles. The molecule has 1 aliphatic rings. The summed E-state index contributed by atoms with van der Waals surface area (Å²) in [5.74, 6) is -0.889. The number of para-hydroxylation sites is 1. The van der Waals surface area contributed by atoms with E-state index in [9.17, 15) is 27.6 Å². The maximum absolute atomic E-state index is 12.9. The van der Waals surface area contributed by atoms with Gasteiger partial charge in [-0.3, -0.25) is 9.59 Å². The van der Waals surface area contributed by atoms with Crippen molar-refractivity contribution in [3.05, 3.63) is 59.7 Å². The summed E-state index contributed by atoms with van der Waals surface area (Å²) in [6, 6.07) is 10.7. The van der Waals surface area contributed by atoms with Crippen molar-refractivity contribution in [1.82, 2.24) is 10.6 Å². The number of amides is 4. The Bertz CT molecular complexity index is 1040. The molecule has 0 unspecified atom stereocenters. The molecule has 1 saturated heterocycles. The van der Waals surface area contributed by atoms with Crippen molar-refractivity contribution in [2.24, 2.45) is 0 Å². The highest BCUT2D eigenvalue weighted by Gasteiger charge is 2.30. The number of rotatable bonds is 9. The molecule has 0 radical (unpaired) electrons. The van der Waals surface area contributed by atoms with Crippen LogP contribution in [0.15, 0.2) is 48.5 Å². The van der Waals surface area contributed by atoms with E-state index in [1.165, 1.54) is 18.2 Å². The van der Waals surface area contributed by atoms with Gasteiger partial charge >= 0.3 is 12.2 Å². The highest BCUT2D eigenvalue weighted by molar-refractivity contribution is 6.10. The Balaban J connectivity index is 1.50. The van der Waals surface area contributed by atoms with Crippen molar-refractivity contribution < 1.29 is 27.6 Å². The second kappa shape index (κ2) is 11.0. The first kappa shape index (κ1) is 25.1. The largest absolute Gasteiger partial charge is 0.416 e. The fourth-order valence-electron chi connectivity index (χ4n) is 3.77. The summed E-state index contributed by atoms with van der Waals surface area (Å²) >= 11 is 0. The predicted octanol–water partition coefficient (Wildman–Crippen LogP) is 4.92. The Morgan fingerprint density at radius 2 is 1.74 bits per heavy atom. The average Bonchev–Trinajstić information content (AvgIpc) is 3.10. The zero-order valence-corrected chi connectivity index (χ0v) is 18.7. The number of anilines is 2. The molecular formula is C24H27F3N4O3. The maximum Gasteiger partial charge on any atom is 0.416 e. The van der Waals surface area contributed by atoms with Crippen LogP contribution in [0.2, 0.25) is 0 Å². The van der Waals surface area contributed by atoms with Gasteiger partial charge in [-0.1, -0.05) is 31.0 Å². The van der Waals surface area contributed by atoms with E-state index in [1.807, 2.05) is 6.92 Å². The summed E-state index contributed by atoms with van der Waals surface area (Å²) in [6.45, 7) is 1.94. The smallest absolute Gasteiger partial charge is 0.334 e. The van der Waals surface area contributed by atoms with E-state index < -0.39 is 17.6 Å². The van der Waals surface area contributed by atoms with Gasteiger partial charge in [-0.2, -0.15) is 13.2 Å². The normalized spacial score (nSPS) is 17.6.